The molecule has 0 saturated carbocycles. The molecule has 3 N–H and O–H groups in total. The van der Waals surface area contributed by atoms with Gasteiger partial charge in [0.15, 0.2) is 17.3 Å². The number of aryl methyl sites for hydroxylation is 1. The maximum atomic E-state index is 12.4. The Kier molecular flexibility index (Phi) is 5.11. The van der Waals surface area contributed by atoms with E-state index in [1.54, 1.807) is 54.9 Å². The summed E-state index contributed by atoms with van der Waals surface area (Å²) in [4.78, 5) is 25.3. The third-order valence-corrected chi connectivity index (χ3v) is 4.89. The number of nitrogens with two attached hydrogens (primary N) is 1. The number of hydrogen-bond acceptors (Lipinski definition) is 9. The minimum Gasteiger partial charge on any atom is -0.439 e. The van der Waals surface area contributed by atoms with E-state index in [-0.39, 0.29) is 11.7 Å². The van der Waals surface area contributed by atoms with Gasteiger partial charge < -0.3 is 20.4 Å². The summed E-state index contributed by atoms with van der Waals surface area (Å²) in [6.07, 6.45) is 4.72. The quantitative estimate of drug-likeness (QED) is 0.403. The number of pyridine rings is 2. The molecule has 5 aromatic rings. The van der Waals surface area contributed by atoms with E-state index in [4.69, 9.17) is 15.1 Å². The van der Waals surface area contributed by atoms with Gasteiger partial charge in [0.2, 0.25) is 5.88 Å². The average molecular weight is 442 g/mol. The lowest BCUT2D eigenvalue weighted by atomic mass is 10.2. The van der Waals surface area contributed by atoms with Crippen LogP contribution in [-0.4, -0.2) is 35.7 Å². The van der Waals surface area contributed by atoms with E-state index in [2.05, 4.69) is 30.6 Å². The van der Waals surface area contributed by atoms with E-state index in [1.165, 1.54) is 6.20 Å². The lowest BCUT2D eigenvalue weighted by Crippen LogP contribution is -2.11. The molecule has 33 heavy (non-hydrogen) atoms. The number of carbonyl (C=O) groups is 1. The van der Waals surface area contributed by atoms with Crippen molar-refractivity contribution in [3.05, 3.63) is 66.6 Å². The third kappa shape index (κ3) is 3.94. The number of hydrogen-bond donors (Lipinski definition) is 2. The van der Waals surface area contributed by atoms with Crippen molar-refractivity contribution >= 4 is 28.4 Å². The van der Waals surface area contributed by atoms with E-state index < -0.39 is 0 Å². The molecule has 1 amide bonds. The number of carbonyl (C=O) groups excluding carboxylic acids is 1. The van der Waals surface area contributed by atoms with Gasteiger partial charge in [-0.25, -0.2) is 14.6 Å². The minimum atomic E-state index is -0.263. The van der Waals surface area contributed by atoms with Gasteiger partial charge in [0, 0.05) is 36.8 Å². The van der Waals surface area contributed by atoms with E-state index in [1.807, 2.05) is 11.5 Å². The predicted octanol–water partition coefficient (Wildman–Crippen LogP) is 3.52. The summed E-state index contributed by atoms with van der Waals surface area (Å²) >= 11 is 0. The molecular weight excluding hydrogens is 424 g/mol. The van der Waals surface area contributed by atoms with Crippen molar-refractivity contribution in [3.63, 3.8) is 0 Å². The highest BCUT2D eigenvalue weighted by atomic mass is 16.6. The van der Waals surface area contributed by atoms with E-state index in [0.29, 0.717) is 46.5 Å². The molecule has 0 aliphatic heterocycles. The van der Waals surface area contributed by atoms with Crippen molar-refractivity contribution in [2.75, 3.05) is 11.1 Å². The van der Waals surface area contributed by atoms with Crippen LogP contribution in [0.5, 0.6) is 11.6 Å². The molecule has 0 unspecified atom stereocenters. The number of benzene rings is 1. The molecule has 4 aromatic heterocycles. The predicted molar refractivity (Wildman–Crippen MR) is 120 cm³/mol. The topological polar surface area (TPSA) is 147 Å². The maximum absolute atomic E-state index is 12.4. The van der Waals surface area contributed by atoms with Gasteiger partial charge in [-0.1, -0.05) is 6.07 Å². The highest BCUT2D eigenvalue weighted by Crippen LogP contribution is 2.30. The summed E-state index contributed by atoms with van der Waals surface area (Å²) in [5.41, 5.74) is 8.70. The number of rotatable bonds is 6. The molecule has 0 spiro atoms. The Morgan fingerprint density at radius 2 is 2.09 bits per heavy atom. The van der Waals surface area contributed by atoms with Crippen LogP contribution in [0.1, 0.15) is 17.3 Å². The first-order valence-electron chi connectivity index (χ1n) is 10.1. The normalized spacial score (nSPS) is 10.9. The van der Waals surface area contributed by atoms with Crippen LogP contribution in [0, 0.1) is 0 Å². The van der Waals surface area contributed by atoms with Gasteiger partial charge in [0.25, 0.3) is 5.91 Å². The van der Waals surface area contributed by atoms with Crippen LogP contribution in [0.3, 0.4) is 0 Å². The lowest BCUT2D eigenvalue weighted by molar-refractivity contribution is 0.102. The molecule has 0 radical (unpaired) electrons. The molecule has 1 aromatic carbocycles. The number of nitrogens with one attached hydrogen (secondary N) is 1. The number of amides is 1. The summed E-state index contributed by atoms with van der Waals surface area (Å²) in [5, 5.41) is 10.3. The Morgan fingerprint density at radius 1 is 1.18 bits per heavy atom. The molecule has 0 fully saturated rings. The molecule has 11 heteroatoms. The summed E-state index contributed by atoms with van der Waals surface area (Å²) in [6, 6.07) is 12.2. The fourth-order valence-corrected chi connectivity index (χ4v) is 3.38. The van der Waals surface area contributed by atoms with Crippen LogP contribution < -0.4 is 15.8 Å². The molecule has 0 saturated heterocycles. The largest absolute Gasteiger partial charge is 0.439 e. The summed E-state index contributed by atoms with van der Waals surface area (Å²) in [6.45, 7) is 2.58. The first kappa shape index (κ1) is 20.1. The van der Waals surface area contributed by atoms with Crippen molar-refractivity contribution in [2.45, 2.75) is 13.5 Å². The highest BCUT2D eigenvalue weighted by molar-refractivity contribution is 6.04. The van der Waals surface area contributed by atoms with Gasteiger partial charge in [-0.2, -0.15) is 0 Å². The fourth-order valence-electron chi connectivity index (χ4n) is 3.38. The Hall–Kier alpha value is -4.80. The molecule has 0 aliphatic rings. The van der Waals surface area contributed by atoms with Crippen molar-refractivity contribution in [2.24, 2.45) is 0 Å². The SMILES string of the molecule is CCn1c(-c2nonc2N)nc2cnc(Oc3cccc(NC(=O)c4cccnc4)c3)cc21. The van der Waals surface area contributed by atoms with Crippen molar-refractivity contribution in [1.29, 1.82) is 0 Å². The van der Waals surface area contributed by atoms with Crippen LogP contribution in [0.4, 0.5) is 11.5 Å². The Balaban J connectivity index is 1.41. The summed E-state index contributed by atoms with van der Waals surface area (Å²) in [5.74, 6) is 1.31. The zero-order valence-corrected chi connectivity index (χ0v) is 17.5. The van der Waals surface area contributed by atoms with Crippen molar-refractivity contribution < 1.29 is 14.2 Å². The number of ether oxygens (including phenoxy) is 1. The smallest absolute Gasteiger partial charge is 0.257 e. The van der Waals surface area contributed by atoms with Gasteiger partial charge >= 0.3 is 0 Å². The molecule has 4 heterocycles. The molecule has 0 aliphatic carbocycles. The average Bonchev–Trinajstić information content (AvgIpc) is 3.42. The van der Waals surface area contributed by atoms with Crippen LogP contribution in [-0.2, 0) is 6.54 Å². The number of nitrogens with zero attached hydrogens (tertiary/aromatic N) is 6. The lowest BCUT2D eigenvalue weighted by Gasteiger charge is -2.09. The van der Waals surface area contributed by atoms with Crippen LogP contribution in [0.25, 0.3) is 22.6 Å². The van der Waals surface area contributed by atoms with E-state index in [9.17, 15) is 4.79 Å². The number of fused-ring (bicyclic) bond motifs is 1. The second-order valence-corrected chi connectivity index (χ2v) is 7.01. The fraction of sp³-hybridized carbons (Fsp3) is 0.0909. The minimum absolute atomic E-state index is 0.162. The van der Waals surface area contributed by atoms with E-state index in [0.717, 1.165) is 5.52 Å². The molecular formula is C22H18N8O3. The molecule has 0 atom stereocenters. The van der Waals surface area contributed by atoms with Crippen LogP contribution in [0.15, 0.2) is 65.7 Å². The Morgan fingerprint density at radius 3 is 2.85 bits per heavy atom. The molecule has 11 nitrogen and oxygen atoms in total. The Bertz CT molecular complexity index is 1440. The highest BCUT2D eigenvalue weighted by Gasteiger charge is 2.19. The molecule has 0 bridgehead atoms. The first-order valence-corrected chi connectivity index (χ1v) is 10.1. The van der Waals surface area contributed by atoms with Gasteiger partial charge in [-0.05, 0) is 41.5 Å². The Labute approximate surface area is 187 Å². The van der Waals surface area contributed by atoms with Crippen LogP contribution in [0.2, 0.25) is 0 Å². The first-order chi connectivity index (χ1) is 16.1. The van der Waals surface area contributed by atoms with E-state index >= 15 is 0 Å². The van der Waals surface area contributed by atoms with Gasteiger partial charge in [-0.15, -0.1) is 0 Å². The van der Waals surface area contributed by atoms with Crippen molar-refractivity contribution in [3.8, 4) is 23.1 Å². The van der Waals surface area contributed by atoms with Gasteiger partial charge in [0.05, 0.1) is 17.3 Å². The van der Waals surface area contributed by atoms with Crippen LogP contribution >= 0.6 is 0 Å². The zero-order chi connectivity index (χ0) is 22.8. The molecule has 5 rings (SSSR count). The molecule has 164 valence electrons. The monoisotopic (exact) mass is 442 g/mol. The second-order valence-electron chi connectivity index (χ2n) is 7.01. The summed E-state index contributed by atoms with van der Waals surface area (Å²) in [7, 11) is 0. The zero-order valence-electron chi connectivity index (χ0n) is 17.5. The maximum Gasteiger partial charge on any atom is 0.257 e. The van der Waals surface area contributed by atoms with Crippen molar-refractivity contribution in [1.82, 2.24) is 29.8 Å². The number of nitrogen functional groups attached to an aromatic ring is 1. The summed E-state index contributed by atoms with van der Waals surface area (Å²) < 4.78 is 12.6. The standard InChI is InChI=1S/C22H18N8O3/c1-2-30-17-10-18(25-12-16(17)27-21(30)19-20(23)29-33-28-19)32-15-7-3-6-14(9-15)26-22(31)13-5-4-8-24-11-13/h3-12H,2H2,1H3,(H2,23,29)(H,26,31). The number of anilines is 2. The van der Waals surface area contributed by atoms with Gasteiger partial charge in [-0.3, -0.25) is 9.78 Å². The van der Waals surface area contributed by atoms with Gasteiger partial charge in [0.1, 0.15) is 11.3 Å². The number of imidazole rings is 1. The second kappa shape index (κ2) is 8.38. The number of aromatic nitrogens is 6. The third-order valence-electron chi connectivity index (χ3n) is 4.89.